The molecule has 0 N–H and O–H groups in total. The van der Waals surface area contributed by atoms with Crippen LogP contribution in [0.1, 0.15) is 0 Å². The van der Waals surface area contributed by atoms with Crippen molar-refractivity contribution in [3.63, 3.8) is 0 Å². The second kappa shape index (κ2) is 12.4. The molecule has 2 aromatic heterocycles. The van der Waals surface area contributed by atoms with Crippen molar-refractivity contribution < 1.29 is 28.5 Å². The predicted octanol–water partition coefficient (Wildman–Crippen LogP) is 2.84. The minimum atomic E-state index is -0.514. The summed E-state index contributed by atoms with van der Waals surface area (Å²) < 4.78 is 27.8. The van der Waals surface area contributed by atoms with Crippen molar-refractivity contribution in [2.24, 2.45) is 0 Å². The Morgan fingerprint density at radius 2 is 1.63 bits per heavy atom. The van der Waals surface area contributed by atoms with Gasteiger partial charge in [-0.1, -0.05) is 12.1 Å². The van der Waals surface area contributed by atoms with E-state index in [-0.39, 0.29) is 13.2 Å². The molecule has 1 aromatic carbocycles. The third-order valence-corrected chi connectivity index (χ3v) is 4.62. The average Bonchev–Trinajstić information content (AvgIpc) is 3.42. The zero-order valence-corrected chi connectivity index (χ0v) is 17.6. The SMILES string of the molecule is COCCOCCOCCOCCOC(=O)n1c(-c2cscn2)nc2ccccc21. The number of nitrogens with zero attached hydrogens (tertiary/aromatic N) is 3. The smallest absolute Gasteiger partial charge is 0.420 e. The number of ether oxygens (including phenoxy) is 5. The zero-order chi connectivity index (χ0) is 21.0. The number of methoxy groups -OCH3 is 1. The number of carbonyl (C=O) groups excluding carboxylic acids is 1. The fourth-order valence-electron chi connectivity index (χ4n) is 2.64. The Hall–Kier alpha value is -2.37. The van der Waals surface area contributed by atoms with E-state index >= 15 is 0 Å². The summed E-state index contributed by atoms with van der Waals surface area (Å²) in [5.41, 5.74) is 3.71. The van der Waals surface area contributed by atoms with Crippen molar-refractivity contribution in [1.29, 1.82) is 0 Å². The number of thiazole rings is 1. The quantitative estimate of drug-likeness (QED) is 0.378. The zero-order valence-electron chi connectivity index (χ0n) is 16.8. The van der Waals surface area contributed by atoms with E-state index in [1.54, 1.807) is 12.6 Å². The van der Waals surface area contributed by atoms with Crippen LogP contribution >= 0.6 is 11.3 Å². The lowest BCUT2D eigenvalue weighted by Gasteiger charge is -2.09. The second-order valence-electron chi connectivity index (χ2n) is 6.08. The summed E-state index contributed by atoms with van der Waals surface area (Å²) in [5, 5.41) is 1.84. The molecule has 0 atom stereocenters. The number of aromatic nitrogens is 3. The van der Waals surface area contributed by atoms with Gasteiger partial charge in [0.15, 0.2) is 5.82 Å². The van der Waals surface area contributed by atoms with E-state index in [2.05, 4.69) is 9.97 Å². The molecule has 0 fully saturated rings. The first kappa shape index (κ1) is 22.3. The van der Waals surface area contributed by atoms with E-state index in [0.29, 0.717) is 62.2 Å². The molecule has 0 amide bonds. The molecule has 0 spiro atoms. The molecule has 0 saturated heterocycles. The molecular weight excluding hydrogens is 410 g/mol. The van der Waals surface area contributed by atoms with Crippen molar-refractivity contribution in [3.05, 3.63) is 35.2 Å². The van der Waals surface area contributed by atoms with E-state index in [1.165, 1.54) is 15.9 Å². The van der Waals surface area contributed by atoms with Gasteiger partial charge in [-0.05, 0) is 12.1 Å². The van der Waals surface area contributed by atoms with Crippen LogP contribution in [0.4, 0.5) is 4.79 Å². The number of para-hydroxylation sites is 2. The summed E-state index contributed by atoms with van der Waals surface area (Å²) in [6.45, 7) is 3.39. The van der Waals surface area contributed by atoms with Gasteiger partial charge >= 0.3 is 6.09 Å². The Bertz CT molecular complexity index is 899. The molecule has 0 saturated carbocycles. The molecule has 162 valence electrons. The van der Waals surface area contributed by atoms with Gasteiger partial charge in [-0.3, -0.25) is 0 Å². The maximum Gasteiger partial charge on any atom is 0.420 e. The first-order valence-electron chi connectivity index (χ1n) is 9.56. The van der Waals surface area contributed by atoms with E-state index in [4.69, 9.17) is 23.7 Å². The van der Waals surface area contributed by atoms with E-state index in [1.807, 2.05) is 29.6 Å². The molecule has 0 unspecified atom stereocenters. The third-order valence-electron chi connectivity index (χ3n) is 4.03. The summed E-state index contributed by atoms with van der Waals surface area (Å²) >= 11 is 1.44. The molecular formula is C20H25N3O6S. The summed E-state index contributed by atoms with van der Waals surface area (Å²) in [6, 6.07) is 7.40. The lowest BCUT2D eigenvalue weighted by atomic mass is 10.3. The Morgan fingerprint density at radius 1 is 0.967 bits per heavy atom. The van der Waals surface area contributed by atoms with Crippen LogP contribution in [-0.4, -0.2) is 80.6 Å². The molecule has 0 aliphatic rings. The van der Waals surface area contributed by atoms with Crippen LogP contribution < -0.4 is 0 Å². The van der Waals surface area contributed by atoms with E-state index in [9.17, 15) is 4.79 Å². The van der Waals surface area contributed by atoms with Crippen molar-refractivity contribution >= 4 is 28.5 Å². The number of fused-ring (bicyclic) bond motifs is 1. The highest BCUT2D eigenvalue weighted by Crippen LogP contribution is 2.24. The Morgan fingerprint density at radius 3 is 2.30 bits per heavy atom. The minimum absolute atomic E-state index is 0.127. The van der Waals surface area contributed by atoms with Gasteiger partial charge in [0.1, 0.15) is 12.3 Å². The monoisotopic (exact) mass is 435 g/mol. The number of benzene rings is 1. The maximum atomic E-state index is 12.7. The largest absolute Gasteiger partial charge is 0.446 e. The highest BCUT2D eigenvalue weighted by molar-refractivity contribution is 7.07. The van der Waals surface area contributed by atoms with Crippen LogP contribution in [0.25, 0.3) is 22.6 Å². The number of hydrogen-bond acceptors (Lipinski definition) is 9. The Balaban J connectivity index is 1.40. The number of carbonyl (C=O) groups is 1. The predicted molar refractivity (Wildman–Crippen MR) is 112 cm³/mol. The van der Waals surface area contributed by atoms with Crippen LogP contribution in [0.3, 0.4) is 0 Å². The number of imidazole rings is 1. The molecule has 2 heterocycles. The molecule has 30 heavy (non-hydrogen) atoms. The second-order valence-corrected chi connectivity index (χ2v) is 6.80. The van der Waals surface area contributed by atoms with Gasteiger partial charge in [-0.25, -0.2) is 19.3 Å². The lowest BCUT2D eigenvalue weighted by molar-refractivity contribution is -0.00219. The van der Waals surface area contributed by atoms with Crippen molar-refractivity contribution in [1.82, 2.24) is 14.5 Å². The van der Waals surface area contributed by atoms with Crippen molar-refractivity contribution in [3.8, 4) is 11.5 Å². The molecule has 0 aliphatic carbocycles. The van der Waals surface area contributed by atoms with Crippen LogP contribution in [0.2, 0.25) is 0 Å². The van der Waals surface area contributed by atoms with Gasteiger partial charge in [0.2, 0.25) is 0 Å². The fraction of sp³-hybridized carbons (Fsp3) is 0.450. The van der Waals surface area contributed by atoms with Gasteiger partial charge in [-0.2, -0.15) is 0 Å². The van der Waals surface area contributed by atoms with Crippen LogP contribution in [-0.2, 0) is 23.7 Å². The van der Waals surface area contributed by atoms with Crippen LogP contribution in [0.5, 0.6) is 0 Å². The first-order valence-corrected chi connectivity index (χ1v) is 10.5. The molecule has 9 nitrogen and oxygen atoms in total. The maximum absolute atomic E-state index is 12.7. The van der Waals surface area contributed by atoms with Crippen LogP contribution in [0.15, 0.2) is 35.2 Å². The molecule has 0 aliphatic heterocycles. The topological polar surface area (TPSA) is 93.9 Å². The normalized spacial score (nSPS) is 11.2. The van der Waals surface area contributed by atoms with E-state index < -0.39 is 6.09 Å². The Labute approximate surface area is 178 Å². The first-order chi connectivity index (χ1) is 14.8. The molecule has 0 bridgehead atoms. The van der Waals surface area contributed by atoms with E-state index in [0.717, 1.165) is 0 Å². The van der Waals surface area contributed by atoms with Crippen molar-refractivity contribution in [2.45, 2.75) is 0 Å². The molecule has 10 heteroatoms. The van der Waals surface area contributed by atoms with Gasteiger partial charge in [-0.15, -0.1) is 11.3 Å². The van der Waals surface area contributed by atoms with Gasteiger partial charge in [0.05, 0.1) is 62.8 Å². The minimum Gasteiger partial charge on any atom is -0.446 e. The lowest BCUT2D eigenvalue weighted by Crippen LogP contribution is -2.18. The number of hydrogen-bond donors (Lipinski definition) is 0. The highest BCUT2D eigenvalue weighted by atomic mass is 32.1. The molecule has 0 radical (unpaired) electrons. The Kier molecular flexibility index (Phi) is 9.19. The molecule has 3 aromatic rings. The highest BCUT2D eigenvalue weighted by Gasteiger charge is 2.20. The fourth-order valence-corrected chi connectivity index (χ4v) is 3.17. The number of rotatable bonds is 13. The van der Waals surface area contributed by atoms with Crippen molar-refractivity contribution in [2.75, 3.05) is 60.0 Å². The standard InChI is InChI=1S/C20H25N3O6S/c1-25-6-7-26-8-9-27-10-11-28-12-13-29-20(24)23-18-5-3-2-4-16(18)22-19(23)17-14-30-15-21-17/h2-5,14-15H,6-13H2,1H3. The van der Waals surface area contributed by atoms with Gasteiger partial charge in [0, 0.05) is 12.5 Å². The third kappa shape index (κ3) is 6.31. The summed E-state index contributed by atoms with van der Waals surface area (Å²) in [6.07, 6.45) is -0.514. The summed E-state index contributed by atoms with van der Waals surface area (Å²) in [4.78, 5) is 21.5. The van der Waals surface area contributed by atoms with Gasteiger partial charge in [0.25, 0.3) is 0 Å². The van der Waals surface area contributed by atoms with Crippen LogP contribution in [0, 0.1) is 0 Å². The molecule has 3 rings (SSSR count). The summed E-state index contributed by atoms with van der Waals surface area (Å²) in [5.74, 6) is 0.462. The average molecular weight is 436 g/mol. The summed E-state index contributed by atoms with van der Waals surface area (Å²) in [7, 11) is 1.63. The van der Waals surface area contributed by atoms with Gasteiger partial charge < -0.3 is 23.7 Å².